The maximum Gasteiger partial charge on any atom is 0.187 e. The van der Waals surface area contributed by atoms with Gasteiger partial charge >= 0.3 is 0 Å². The van der Waals surface area contributed by atoms with E-state index in [0.29, 0.717) is 11.6 Å². The molecule has 5 rings (SSSR count). The fourth-order valence-corrected chi connectivity index (χ4v) is 4.58. The Bertz CT molecular complexity index is 1240. The first kappa shape index (κ1) is 19.5. The second-order valence-electron chi connectivity index (χ2n) is 8.47. The zero-order valence-corrected chi connectivity index (χ0v) is 17.8. The van der Waals surface area contributed by atoms with E-state index >= 15 is 0 Å². The third kappa shape index (κ3) is 3.85. The van der Waals surface area contributed by atoms with Crippen LogP contribution in [0.2, 0.25) is 0 Å². The molecule has 0 unspecified atom stereocenters. The molecular formula is C27H26N4. The standard InChI is InChI=1S/C27H26N4/c1-19-3-5-22(6-4-19)27-26(21-7-9-23(28-2)10-8-21)24-13-16-31(25(24)17-30-27)18-20-11-14-29-15-12-20/h3-10,13,16-17,20,29H,11-12,14-15,18H2,1H3. The highest BCUT2D eigenvalue weighted by atomic mass is 15.0. The van der Waals surface area contributed by atoms with Crippen molar-refractivity contribution in [2.45, 2.75) is 26.3 Å². The molecule has 0 aliphatic carbocycles. The normalized spacial score (nSPS) is 14.6. The predicted octanol–water partition coefficient (Wildman–Crippen LogP) is 6.23. The summed E-state index contributed by atoms with van der Waals surface area (Å²) in [4.78, 5) is 8.51. The van der Waals surface area contributed by atoms with Crippen molar-refractivity contribution < 1.29 is 0 Å². The average Bonchev–Trinajstić information content (AvgIpc) is 3.22. The van der Waals surface area contributed by atoms with E-state index in [1.807, 2.05) is 30.5 Å². The van der Waals surface area contributed by atoms with E-state index in [1.165, 1.54) is 29.3 Å². The molecule has 0 bridgehead atoms. The molecule has 0 radical (unpaired) electrons. The second kappa shape index (κ2) is 8.37. The number of benzene rings is 2. The number of aryl methyl sites for hydroxylation is 1. The summed E-state index contributed by atoms with van der Waals surface area (Å²) >= 11 is 0. The summed E-state index contributed by atoms with van der Waals surface area (Å²) < 4.78 is 2.37. The Hall–Kier alpha value is -3.42. The van der Waals surface area contributed by atoms with Crippen LogP contribution in [0.4, 0.5) is 5.69 Å². The number of hydrogen-bond donors (Lipinski definition) is 1. The van der Waals surface area contributed by atoms with Crippen molar-refractivity contribution in [3.8, 4) is 22.4 Å². The van der Waals surface area contributed by atoms with Gasteiger partial charge in [0.25, 0.3) is 0 Å². The quantitative estimate of drug-likeness (QED) is 0.408. The van der Waals surface area contributed by atoms with Gasteiger partial charge in [-0.1, -0.05) is 54.1 Å². The average molecular weight is 407 g/mol. The molecule has 4 heteroatoms. The summed E-state index contributed by atoms with van der Waals surface area (Å²) in [7, 11) is 0. The van der Waals surface area contributed by atoms with Crippen molar-refractivity contribution in [3.63, 3.8) is 0 Å². The van der Waals surface area contributed by atoms with Crippen LogP contribution in [0.1, 0.15) is 18.4 Å². The van der Waals surface area contributed by atoms with E-state index in [0.717, 1.165) is 42.0 Å². The van der Waals surface area contributed by atoms with Gasteiger partial charge < -0.3 is 9.88 Å². The van der Waals surface area contributed by atoms with Gasteiger partial charge in [-0.25, -0.2) is 4.85 Å². The Balaban J connectivity index is 1.65. The van der Waals surface area contributed by atoms with Crippen molar-refractivity contribution in [1.29, 1.82) is 0 Å². The van der Waals surface area contributed by atoms with Crippen molar-refractivity contribution in [1.82, 2.24) is 14.9 Å². The lowest BCUT2D eigenvalue weighted by molar-refractivity contribution is 0.337. The smallest absolute Gasteiger partial charge is 0.187 e. The molecule has 0 amide bonds. The lowest BCUT2D eigenvalue weighted by Gasteiger charge is -2.23. The molecule has 31 heavy (non-hydrogen) atoms. The largest absolute Gasteiger partial charge is 0.346 e. The van der Waals surface area contributed by atoms with Gasteiger partial charge in [-0.2, -0.15) is 0 Å². The minimum atomic E-state index is 0.657. The molecule has 4 nitrogen and oxygen atoms in total. The zero-order chi connectivity index (χ0) is 21.2. The fraction of sp³-hybridized carbons (Fsp3) is 0.259. The summed E-state index contributed by atoms with van der Waals surface area (Å²) in [6.45, 7) is 12.6. The third-order valence-corrected chi connectivity index (χ3v) is 6.35. The number of hydrogen-bond acceptors (Lipinski definition) is 2. The molecule has 3 heterocycles. The van der Waals surface area contributed by atoms with E-state index < -0.39 is 0 Å². The summed E-state index contributed by atoms with van der Waals surface area (Å²) in [6, 6.07) is 18.7. The lowest BCUT2D eigenvalue weighted by atomic mass is 9.95. The van der Waals surface area contributed by atoms with Crippen LogP contribution in [0.15, 0.2) is 67.0 Å². The highest BCUT2D eigenvalue weighted by Gasteiger charge is 2.18. The Morgan fingerprint density at radius 3 is 2.42 bits per heavy atom. The van der Waals surface area contributed by atoms with Crippen LogP contribution in [-0.2, 0) is 6.54 Å². The molecular weight excluding hydrogens is 380 g/mol. The number of piperidine rings is 1. The Labute approximate surface area is 183 Å². The summed E-state index contributed by atoms with van der Waals surface area (Å²) in [5.74, 6) is 0.704. The first-order valence-electron chi connectivity index (χ1n) is 11.0. The van der Waals surface area contributed by atoms with Crippen molar-refractivity contribution in [3.05, 3.63) is 84.0 Å². The van der Waals surface area contributed by atoms with Gasteiger partial charge in [0.1, 0.15) is 0 Å². The SMILES string of the molecule is [C-]#[N+]c1ccc(-c2c(-c3ccc(C)cc3)ncc3c2ccn3CC2CCNCC2)cc1. The van der Waals surface area contributed by atoms with Gasteiger partial charge in [0, 0.05) is 29.3 Å². The van der Waals surface area contributed by atoms with Gasteiger partial charge in [0.15, 0.2) is 5.69 Å². The Morgan fingerprint density at radius 2 is 1.71 bits per heavy atom. The first-order chi connectivity index (χ1) is 15.2. The Kier molecular flexibility index (Phi) is 5.28. The molecule has 0 saturated carbocycles. The van der Waals surface area contributed by atoms with Crippen LogP contribution in [0.3, 0.4) is 0 Å². The summed E-state index contributed by atoms with van der Waals surface area (Å²) in [6.07, 6.45) is 6.69. The maximum atomic E-state index is 7.28. The van der Waals surface area contributed by atoms with Crippen LogP contribution >= 0.6 is 0 Å². The molecule has 1 N–H and O–H groups in total. The van der Waals surface area contributed by atoms with Crippen molar-refractivity contribution in [2.75, 3.05) is 13.1 Å². The molecule has 154 valence electrons. The first-order valence-corrected chi connectivity index (χ1v) is 11.0. The molecule has 2 aromatic carbocycles. The van der Waals surface area contributed by atoms with Crippen molar-refractivity contribution in [2.24, 2.45) is 5.92 Å². The van der Waals surface area contributed by atoms with E-state index in [4.69, 9.17) is 11.6 Å². The van der Waals surface area contributed by atoms with Gasteiger partial charge in [0.05, 0.1) is 24.0 Å². The number of pyridine rings is 1. The van der Waals surface area contributed by atoms with Gasteiger partial charge in [-0.05, 0) is 50.4 Å². The van der Waals surface area contributed by atoms with E-state index in [2.05, 4.69) is 58.2 Å². The van der Waals surface area contributed by atoms with Crippen molar-refractivity contribution >= 4 is 16.6 Å². The monoisotopic (exact) mass is 406 g/mol. The Morgan fingerprint density at radius 1 is 1.00 bits per heavy atom. The predicted molar refractivity (Wildman–Crippen MR) is 127 cm³/mol. The highest BCUT2D eigenvalue weighted by molar-refractivity contribution is 6.01. The van der Waals surface area contributed by atoms with Gasteiger partial charge in [-0.3, -0.25) is 4.98 Å². The number of aromatic nitrogens is 2. The minimum Gasteiger partial charge on any atom is -0.346 e. The van der Waals surface area contributed by atoms with Crippen LogP contribution in [0, 0.1) is 19.4 Å². The van der Waals surface area contributed by atoms with E-state index in [-0.39, 0.29) is 0 Å². The fourth-order valence-electron chi connectivity index (χ4n) is 4.58. The van der Waals surface area contributed by atoms with E-state index in [9.17, 15) is 0 Å². The summed E-state index contributed by atoms with van der Waals surface area (Å²) in [5.41, 5.74) is 7.41. The maximum absolute atomic E-state index is 7.28. The van der Waals surface area contributed by atoms with Gasteiger partial charge in [0.2, 0.25) is 0 Å². The van der Waals surface area contributed by atoms with Crippen LogP contribution < -0.4 is 5.32 Å². The second-order valence-corrected chi connectivity index (χ2v) is 8.47. The lowest BCUT2D eigenvalue weighted by Crippen LogP contribution is -2.29. The molecule has 0 atom stereocenters. The van der Waals surface area contributed by atoms with Crippen LogP contribution in [0.25, 0.3) is 38.1 Å². The molecule has 1 aliphatic heterocycles. The third-order valence-electron chi connectivity index (χ3n) is 6.35. The molecule has 1 fully saturated rings. The minimum absolute atomic E-state index is 0.657. The summed E-state index contributed by atoms with van der Waals surface area (Å²) in [5, 5.41) is 4.68. The number of rotatable bonds is 4. The number of nitrogens with one attached hydrogen (secondary N) is 1. The molecule has 4 aromatic rings. The number of fused-ring (bicyclic) bond motifs is 1. The van der Waals surface area contributed by atoms with Gasteiger partial charge in [-0.15, -0.1) is 0 Å². The molecule has 1 saturated heterocycles. The molecule has 0 spiro atoms. The van der Waals surface area contributed by atoms with E-state index in [1.54, 1.807) is 0 Å². The topological polar surface area (TPSA) is 34.2 Å². The highest BCUT2D eigenvalue weighted by Crippen LogP contribution is 2.38. The molecule has 2 aromatic heterocycles. The van der Waals surface area contributed by atoms with Crippen LogP contribution in [-0.4, -0.2) is 22.6 Å². The zero-order valence-electron chi connectivity index (χ0n) is 17.8. The number of nitrogens with zero attached hydrogens (tertiary/aromatic N) is 3. The molecule has 1 aliphatic rings. The van der Waals surface area contributed by atoms with Crippen LogP contribution in [0.5, 0.6) is 0 Å².